The van der Waals surface area contributed by atoms with Crippen molar-refractivity contribution in [2.45, 2.75) is 25.7 Å². The summed E-state index contributed by atoms with van der Waals surface area (Å²) >= 11 is 0. The first-order valence-corrected chi connectivity index (χ1v) is 6.18. The summed E-state index contributed by atoms with van der Waals surface area (Å²) in [6.45, 7) is -1.34. The van der Waals surface area contributed by atoms with Gasteiger partial charge in [0.25, 0.3) is 0 Å². The topological polar surface area (TPSA) is 9.23 Å². The summed E-state index contributed by atoms with van der Waals surface area (Å²) < 4.78 is 55.6. The first-order valence-electron chi connectivity index (χ1n) is 6.18. The number of halogens is 4. The lowest BCUT2D eigenvalue weighted by molar-refractivity contribution is 0.304. The van der Waals surface area contributed by atoms with Crippen molar-refractivity contribution >= 4 is 12.4 Å². The second kappa shape index (κ2) is 7.21. The fourth-order valence-electron chi connectivity index (χ4n) is 1.62. The van der Waals surface area contributed by atoms with E-state index < -0.39 is 18.3 Å². The van der Waals surface area contributed by atoms with Crippen LogP contribution in [0, 0.1) is 5.82 Å². The van der Waals surface area contributed by atoms with Crippen molar-refractivity contribution in [1.82, 2.24) is 0 Å². The maximum absolute atomic E-state index is 13.2. The minimum absolute atomic E-state index is 0.130. The third kappa shape index (κ3) is 5.36. The zero-order chi connectivity index (χ0) is 14.3. The van der Waals surface area contributed by atoms with Crippen molar-refractivity contribution in [3.8, 4) is 5.75 Å². The van der Waals surface area contributed by atoms with Gasteiger partial charge in [-0.3, -0.25) is 0 Å². The third-order valence-corrected chi connectivity index (χ3v) is 2.65. The number of rotatable bonds is 8. The van der Waals surface area contributed by atoms with Crippen molar-refractivity contribution in [3.05, 3.63) is 36.7 Å². The molecule has 1 aromatic rings. The highest BCUT2D eigenvalue weighted by atomic mass is 19.4. The Labute approximate surface area is 110 Å². The molecule has 0 amide bonds. The van der Waals surface area contributed by atoms with Crippen LogP contribution in [-0.2, 0) is 0 Å². The van der Waals surface area contributed by atoms with Gasteiger partial charge in [-0.05, 0) is 31.7 Å². The highest BCUT2D eigenvalue weighted by Gasteiger charge is 2.28. The Bertz CT molecular complexity index is 418. The van der Waals surface area contributed by atoms with E-state index in [-0.39, 0.29) is 5.75 Å². The lowest BCUT2D eigenvalue weighted by atomic mass is 9.80. The van der Waals surface area contributed by atoms with E-state index in [1.807, 2.05) is 6.08 Å². The predicted octanol–water partition coefficient (Wildman–Crippen LogP) is 4.01. The first-order chi connectivity index (χ1) is 8.95. The SMILES string of the molecule is C=CCCCCCOc1ccc([B-](F)(F)F)c(F)c1. The molecule has 0 saturated heterocycles. The fraction of sp³-hybridized carbons (Fsp3) is 0.385. The highest BCUT2D eigenvalue weighted by molar-refractivity contribution is 6.73. The monoisotopic (exact) mass is 275 g/mol. The molecule has 1 aromatic carbocycles. The van der Waals surface area contributed by atoms with Gasteiger partial charge in [-0.2, -0.15) is 0 Å². The Hall–Kier alpha value is -1.46. The van der Waals surface area contributed by atoms with Gasteiger partial charge >= 0.3 is 6.98 Å². The molecule has 0 atom stereocenters. The summed E-state index contributed by atoms with van der Waals surface area (Å²) in [4.78, 5) is 0. The Balaban J connectivity index is 2.44. The molecule has 0 aromatic heterocycles. The lowest BCUT2D eigenvalue weighted by Crippen LogP contribution is -2.36. The van der Waals surface area contributed by atoms with Gasteiger partial charge in [-0.25, -0.2) is 4.39 Å². The summed E-state index contributed by atoms with van der Waals surface area (Å²) in [6.07, 6.45) is 5.47. The maximum Gasteiger partial charge on any atom is 0.512 e. The smallest absolute Gasteiger partial charge is 0.493 e. The fourth-order valence-corrected chi connectivity index (χ4v) is 1.62. The quantitative estimate of drug-likeness (QED) is 0.301. The summed E-state index contributed by atoms with van der Waals surface area (Å²) in [5.41, 5.74) is -1.21. The van der Waals surface area contributed by atoms with E-state index in [2.05, 4.69) is 6.58 Å². The molecular formula is C13H16BF4O-. The molecule has 0 radical (unpaired) electrons. The molecule has 0 N–H and O–H groups in total. The van der Waals surface area contributed by atoms with Crippen molar-refractivity contribution in [2.75, 3.05) is 6.61 Å². The van der Waals surface area contributed by atoms with Crippen LogP contribution in [0.1, 0.15) is 25.7 Å². The van der Waals surface area contributed by atoms with Gasteiger partial charge in [-0.1, -0.05) is 17.6 Å². The normalized spacial score (nSPS) is 11.4. The summed E-state index contributed by atoms with van der Waals surface area (Å²) in [5, 5.41) is 0. The Morgan fingerprint density at radius 3 is 2.47 bits per heavy atom. The Morgan fingerprint density at radius 1 is 1.16 bits per heavy atom. The molecule has 0 saturated carbocycles. The number of ether oxygens (including phenoxy) is 1. The number of hydrogen-bond acceptors (Lipinski definition) is 1. The van der Waals surface area contributed by atoms with Crippen LogP contribution >= 0.6 is 0 Å². The van der Waals surface area contributed by atoms with E-state index in [1.54, 1.807) is 0 Å². The second-order valence-corrected chi connectivity index (χ2v) is 4.24. The van der Waals surface area contributed by atoms with E-state index in [0.717, 1.165) is 43.9 Å². The summed E-state index contributed by atoms with van der Waals surface area (Å²) in [7, 11) is 0. The van der Waals surface area contributed by atoms with Crippen LogP contribution < -0.4 is 10.2 Å². The molecule has 19 heavy (non-hydrogen) atoms. The second-order valence-electron chi connectivity index (χ2n) is 4.24. The molecule has 0 bridgehead atoms. The Morgan fingerprint density at radius 2 is 1.89 bits per heavy atom. The molecule has 0 aliphatic rings. The van der Waals surface area contributed by atoms with Crippen LogP contribution in [0.25, 0.3) is 0 Å². The first kappa shape index (κ1) is 15.6. The van der Waals surface area contributed by atoms with Crippen LogP contribution in [0.15, 0.2) is 30.9 Å². The third-order valence-electron chi connectivity index (χ3n) is 2.65. The summed E-state index contributed by atoms with van der Waals surface area (Å²) in [6, 6.07) is 2.66. The summed E-state index contributed by atoms with van der Waals surface area (Å²) in [5.74, 6) is -1.15. The number of allylic oxidation sites excluding steroid dienone is 1. The van der Waals surface area contributed by atoms with Crippen molar-refractivity contribution in [1.29, 1.82) is 0 Å². The molecule has 106 valence electrons. The molecule has 0 spiro atoms. The van der Waals surface area contributed by atoms with Crippen molar-refractivity contribution < 1.29 is 22.1 Å². The van der Waals surface area contributed by atoms with Gasteiger partial charge in [0, 0.05) is 6.07 Å². The molecule has 6 heteroatoms. The van der Waals surface area contributed by atoms with Crippen LogP contribution in [0.5, 0.6) is 5.75 Å². The highest BCUT2D eigenvalue weighted by Crippen LogP contribution is 2.17. The van der Waals surface area contributed by atoms with Crippen LogP contribution in [0.4, 0.5) is 17.3 Å². The van der Waals surface area contributed by atoms with E-state index in [0.29, 0.717) is 6.61 Å². The largest absolute Gasteiger partial charge is 0.512 e. The van der Waals surface area contributed by atoms with Crippen molar-refractivity contribution in [3.63, 3.8) is 0 Å². The number of hydrogen-bond donors (Lipinski definition) is 0. The van der Waals surface area contributed by atoms with E-state index >= 15 is 0 Å². The molecule has 1 nitrogen and oxygen atoms in total. The zero-order valence-electron chi connectivity index (χ0n) is 10.5. The molecule has 0 unspecified atom stereocenters. The van der Waals surface area contributed by atoms with Crippen LogP contribution in [0.3, 0.4) is 0 Å². The van der Waals surface area contributed by atoms with E-state index in [4.69, 9.17) is 4.74 Å². The van der Waals surface area contributed by atoms with Gasteiger partial charge in [0.1, 0.15) is 5.75 Å². The number of unbranched alkanes of at least 4 members (excludes halogenated alkanes) is 3. The average molecular weight is 275 g/mol. The molecule has 0 fully saturated rings. The lowest BCUT2D eigenvalue weighted by Gasteiger charge is -2.16. The minimum atomic E-state index is -5.31. The van der Waals surface area contributed by atoms with E-state index in [1.165, 1.54) is 0 Å². The Kier molecular flexibility index (Phi) is 5.92. The van der Waals surface area contributed by atoms with Gasteiger partial charge in [0.15, 0.2) is 0 Å². The van der Waals surface area contributed by atoms with E-state index in [9.17, 15) is 17.3 Å². The molecule has 0 heterocycles. The maximum atomic E-state index is 13.2. The number of benzene rings is 1. The van der Waals surface area contributed by atoms with Gasteiger partial charge in [0.05, 0.1) is 12.4 Å². The standard InChI is InChI=1S/C13H16BF4O/c1-2-3-4-5-6-9-19-11-7-8-12(13(15)10-11)14(16,17)18/h2,7-8,10H,1,3-6,9H2/q-1. The van der Waals surface area contributed by atoms with Crippen LogP contribution in [-0.4, -0.2) is 13.6 Å². The van der Waals surface area contributed by atoms with Gasteiger partial charge in [0.2, 0.25) is 0 Å². The minimum Gasteiger partial charge on any atom is -0.493 e. The average Bonchev–Trinajstić information content (AvgIpc) is 2.32. The van der Waals surface area contributed by atoms with Gasteiger partial charge < -0.3 is 17.7 Å². The van der Waals surface area contributed by atoms with Gasteiger partial charge in [-0.15, -0.1) is 6.58 Å². The predicted molar refractivity (Wildman–Crippen MR) is 69.3 cm³/mol. The molecule has 1 rings (SSSR count). The van der Waals surface area contributed by atoms with Crippen molar-refractivity contribution in [2.24, 2.45) is 0 Å². The molecular weight excluding hydrogens is 259 g/mol. The molecule has 0 aliphatic heterocycles. The zero-order valence-corrected chi connectivity index (χ0v) is 10.5. The van der Waals surface area contributed by atoms with Crippen LogP contribution in [0.2, 0.25) is 0 Å². The molecule has 0 aliphatic carbocycles.